The Balaban J connectivity index is 1.56. The molecular formula is C19H19N5O3. The Kier molecular flexibility index (Phi) is 4.10. The predicted molar refractivity (Wildman–Crippen MR) is 96.4 cm³/mol. The number of carbonyl (C=O) groups excluding carboxylic acids is 1. The molecule has 4 rings (SSSR count). The summed E-state index contributed by atoms with van der Waals surface area (Å²) in [6, 6.07) is 11.0. The summed E-state index contributed by atoms with van der Waals surface area (Å²) in [5.41, 5.74) is 0.636. The molecule has 1 N–H and O–H groups in total. The van der Waals surface area contributed by atoms with Gasteiger partial charge in [0.05, 0.1) is 5.41 Å². The zero-order valence-corrected chi connectivity index (χ0v) is 14.9. The number of aromatic nitrogens is 4. The summed E-state index contributed by atoms with van der Waals surface area (Å²) in [5.74, 6) is -0.697. The highest BCUT2D eigenvalue weighted by Crippen LogP contribution is 2.36. The molecule has 1 aromatic carbocycles. The summed E-state index contributed by atoms with van der Waals surface area (Å²) in [7, 11) is 0. The summed E-state index contributed by atoms with van der Waals surface area (Å²) in [5, 5.41) is 14.1. The monoisotopic (exact) mass is 365 g/mol. The summed E-state index contributed by atoms with van der Waals surface area (Å²) >= 11 is 0. The maximum absolute atomic E-state index is 12.8. The number of hydrogen-bond acceptors (Lipinski definition) is 5. The van der Waals surface area contributed by atoms with Gasteiger partial charge in [-0.2, -0.15) is 4.98 Å². The van der Waals surface area contributed by atoms with E-state index in [0.717, 1.165) is 11.3 Å². The average molecular weight is 365 g/mol. The summed E-state index contributed by atoms with van der Waals surface area (Å²) in [4.78, 5) is 34.8. The summed E-state index contributed by atoms with van der Waals surface area (Å²) < 4.78 is 1.53. The Hall–Kier alpha value is -3.29. The van der Waals surface area contributed by atoms with E-state index in [4.69, 9.17) is 0 Å². The number of aryl methyl sites for hydroxylation is 1. The van der Waals surface area contributed by atoms with E-state index in [9.17, 15) is 14.7 Å². The molecule has 27 heavy (non-hydrogen) atoms. The van der Waals surface area contributed by atoms with E-state index in [2.05, 4.69) is 15.1 Å². The van der Waals surface area contributed by atoms with Crippen molar-refractivity contribution in [2.75, 3.05) is 13.1 Å². The minimum Gasteiger partial charge on any atom is -0.481 e. The molecule has 8 heteroatoms. The Bertz CT molecular complexity index is 1010. The molecule has 1 fully saturated rings. The van der Waals surface area contributed by atoms with Crippen molar-refractivity contribution in [3.63, 3.8) is 0 Å². The number of likely N-dealkylation sites (tertiary alicyclic amines) is 1. The van der Waals surface area contributed by atoms with Crippen LogP contribution in [0.4, 0.5) is 0 Å². The van der Waals surface area contributed by atoms with Gasteiger partial charge in [0, 0.05) is 25.0 Å². The van der Waals surface area contributed by atoms with Crippen LogP contribution in [-0.4, -0.2) is 54.6 Å². The first-order valence-corrected chi connectivity index (χ1v) is 8.78. The van der Waals surface area contributed by atoms with Crippen molar-refractivity contribution in [3.05, 3.63) is 59.7 Å². The second-order valence-corrected chi connectivity index (χ2v) is 6.78. The molecule has 2 aromatic heterocycles. The van der Waals surface area contributed by atoms with Crippen molar-refractivity contribution in [1.82, 2.24) is 24.5 Å². The molecular weight excluding hydrogens is 346 g/mol. The second kappa shape index (κ2) is 6.46. The lowest BCUT2D eigenvalue weighted by molar-refractivity contribution is -0.145. The van der Waals surface area contributed by atoms with Crippen molar-refractivity contribution >= 4 is 17.7 Å². The molecule has 0 unspecified atom stereocenters. The Labute approximate surface area is 155 Å². The minimum atomic E-state index is -0.970. The molecule has 1 aliphatic heterocycles. The molecule has 0 aliphatic carbocycles. The van der Waals surface area contributed by atoms with E-state index in [1.165, 1.54) is 4.52 Å². The molecule has 0 atom stereocenters. The van der Waals surface area contributed by atoms with Crippen LogP contribution < -0.4 is 0 Å². The molecule has 1 saturated heterocycles. The fourth-order valence-corrected chi connectivity index (χ4v) is 3.61. The van der Waals surface area contributed by atoms with Crippen molar-refractivity contribution < 1.29 is 14.7 Å². The molecule has 0 saturated carbocycles. The summed E-state index contributed by atoms with van der Waals surface area (Å²) in [6.07, 6.45) is 2.32. The molecule has 0 spiro atoms. The van der Waals surface area contributed by atoms with Crippen LogP contribution in [-0.2, 0) is 10.2 Å². The lowest BCUT2D eigenvalue weighted by Gasteiger charge is -2.38. The number of fused-ring (bicyclic) bond motifs is 1. The predicted octanol–water partition coefficient (Wildman–Crippen LogP) is 1.69. The van der Waals surface area contributed by atoms with Gasteiger partial charge in [0.1, 0.15) is 0 Å². The zero-order chi connectivity index (χ0) is 19.0. The molecule has 3 heterocycles. The van der Waals surface area contributed by atoms with Crippen LogP contribution >= 0.6 is 0 Å². The fraction of sp³-hybridized carbons (Fsp3) is 0.316. The molecule has 0 bridgehead atoms. The standard InChI is InChI=1S/C19H19N5O3/c1-13-7-10-20-18-21-15(22-24(13)18)16(25)23-11-8-19(9-12-23,17(26)27)14-5-3-2-4-6-14/h2-7,10H,8-9,11-12H2,1H3,(H,26,27). The lowest BCUT2D eigenvalue weighted by Crippen LogP contribution is -2.49. The number of piperidine rings is 1. The SMILES string of the molecule is Cc1ccnc2nc(C(=O)N3CCC(C(=O)O)(c4ccccc4)CC3)nn12. The molecule has 0 radical (unpaired) electrons. The van der Waals surface area contributed by atoms with E-state index in [1.54, 1.807) is 17.2 Å². The molecule has 1 amide bonds. The van der Waals surface area contributed by atoms with Crippen LogP contribution in [0.3, 0.4) is 0 Å². The number of hydrogen-bond donors (Lipinski definition) is 1. The quantitative estimate of drug-likeness (QED) is 0.758. The largest absolute Gasteiger partial charge is 0.481 e. The van der Waals surface area contributed by atoms with Gasteiger partial charge in [0.15, 0.2) is 0 Å². The van der Waals surface area contributed by atoms with Crippen molar-refractivity contribution in [3.8, 4) is 0 Å². The van der Waals surface area contributed by atoms with Gasteiger partial charge in [-0.3, -0.25) is 9.59 Å². The van der Waals surface area contributed by atoms with Crippen LogP contribution in [0.2, 0.25) is 0 Å². The third-order valence-electron chi connectivity index (χ3n) is 5.26. The van der Waals surface area contributed by atoms with Gasteiger partial charge < -0.3 is 10.0 Å². The number of aliphatic carboxylic acids is 1. The lowest BCUT2D eigenvalue weighted by atomic mass is 9.73. The number of amides is 1. The average Bonchev–Trinajstić information content (AvgIpc) is 3.14. The third kappa shape index (κ3) is 2.83. The Morgan fingerprint density at radius 1 is 1.11 bits per heavy atom. The van der Waals surface area contributed by atoms with Gasteiger partial charge >= 0.3 is 5.97 Å². The normalized spacial score (nSPS) is 16.4. The van der Waals surface area contributed by atoms with Gasteiger partial charge in [-0.05, 0) is 31.4 Å². The molecule has 1 aliphatic rings. The smallest absolute Gasteiger partial charge is 0.314 e. The van der Waals surface area contributed by atoms with E-state index in [-0.39, 0.29) is 11.7 Å². The second-order valence-electron chi connectivity index (χ2n) is 6.78. The van der Waals surface area contributed by atoms with E-state index in [1.807, 2.05) is 37.3 Å². The van der Waals surface area contributed by atoms with E-state index < -0.39 is 11.4 Å². The maximum Gasteiger partial charge on any atom is 0.314 e. The number of carbonyl (C=O) groups is 2. The first-order chi connectivity index (χ1) is 13.0. The molecule has 138 valence electrons. The maximum atomic E-state index is 12.8. The number of carboxylic acids is 1. The van der Waals surface area contributed by atoms with Gasteiger partial charge in [-0.1, -0.05) is 30.3 Å². The zero-order valence-electron chi connectivity index (χ0n) is 14.9. The number of nitrogens with zero attached hydrogens (tertiary/aromatic N) is 5. The van der Waals surface area contributed by atoms with Crippen LogP contribution in [0, 0.1) is 6.92 Å². The van der Waals surface area contributed by atoms with E-state index >= 15 is 0 Å². The summed E-state index contributed by atoms with van der Waals surface area (Å²) in [6.45, 7) is 2.53. The fourth-order valence-electron chi connectivity index (χ4n) is 3.61. The van der Waals surface area contributed by atoms with Crippen LogP contribution in [0.5, 0.6) is 0 Å². The van der Waals surface area contributed by atoms with E-state index in [0.29, 0.717) is 31.7 Å². The highest BCUT2D eigenvalue weighted by Gasteiger charge is 2.44. The van der Waals surface area contributed by atoms with Gasteiger partial charge in [0.25, 0.3) is 11.7 Å². The van der Waals surface area contributed by atoms with Gasteiger partial charge in [-0.25, -0.2) is 9.50 Å². The topological polar surface area (TPSA) is 101 Å². The number of rotatable bonds is 3. The highest BCUT2D eigenvalue weighted by molar-refractivity contribution is 5.91. The van der Waals surface area contributed by atoms with Crippen LogP contribution in [0.25, 0.3) is 5.78 Å². The Morgan fingerprint density at radius 2 is 1.81 bits per heavy atom. The van der Waals surface area contributed by atoms with Crippen LogP contribution in [0.1, 0.15) is 34.7 Å². The van der Waals surface area contributed by atoms with Crippen molar-refractivity contribution in [1.29, 1.82) is 0 Å². The van der Waals surface area contributed by atoms with Crippen molar-refractivity contribution in [2.45, 2.75) is 25.2 Å². The number of carboxylic acid groups (broad SMARTS) is 1. The van der Waals surface area contributed by atoms with Crippen LogP contribution in [0.15, 0.2) is 42.6 Å². The molecule has 3 aromatic rings. The third-order valence-corrected chi connectivity index (χ3v) is 5.26. The van der Waals surface area contributed by atoms with Gasteiger partial charge in [0.2, 0.25) is 5.82 Å². The highest BCUT2D eigenvalue weighted by atomic mass is 16.4. The van der Waals surface area contributed by atoms with Gasteiger partial charge in [-0.15, -0.1) is 5.10 Å². The first kappa shape index (κ1) is 17.1. The molecule has 8 nitrogen and oxygen atoms in total. The number of benzene rings is 1. The first-order valence-electron chi connectivity index (χ1n) is 8.78. The minimum absolute atomic E-state index is 0.0827. The van der Waals surface area contributed by atoms with Crippen molar-refractivity contribution in [2.24, 2.45) is 0 Å². The Morgan fingerprint density at radius 3 is 2.44 bits per heavy atom.